The Bertz CT molecular complexity index is 1180. The monoisotopic (exact) mass is 501 g/mol. The number of hydrogen-bond acceptors (Lipinski definition) is 3. The van der Waals surface area contributed by atoms with E-state index in [2.05, 4.69) is 12.2 Å². The first-order chi connectivity index (χ1) is 17.2. The minimum Gasteiger partial charge on any atom is -0.468 e. The van der Waals surface area contributed by atoms with Gasteiger partial charge in [-0.1, -0.05) is 25.5 Å². The van der Waals surface area contributed by atoms with Crippen LogP contribution in [0.1, 0.15) is 71.8 Å². The van der Waals surface area contributed by atoms with Crippen molar-refractivity contribution >= 4 is 17.5 Å². The van der Waals surface area contributed by atoms with Crippen molar-refractivity contribution in [2.75, 3.05) is 18.4 Å². The fourth-order valence-electron chi connectivity index (χ4n) is 4.85. The van der Waals surface area contributed by atoms with Gasteiger partial charge in [0.25, 0.3) is 5.91 Å². The maximum Gasteiger partial charge on any atom is 0.420 e. The fraction of sp³-hybridized carbons (Fsp3) is 0.407. The lowest BCUT2D eigenvalue weighted by atomic mass is 9.89. The lowest BCUT2D eigenvalue weighted by Gasteiger charge is -2.35. The second-order valence-electron chi connectivity index (χ2n) is 9.19. The minimum absolute atomic E-state index is 0.0873. The number of halogens is 3. The molecular formula is C27H30F3N3O3. The molecule has 1 aliphatic rings. The van der Waals surface area contributed by atoms with Crippen LogP contribution in [0.3, 0.4) is 0 Å². The molecule has 1 fully saturated rings. The van der Waals surface area contributed by atoms with E-state index in [0.29, 0.717) is 25.0 Å². The van der Waals surface area contributed by atoms with Crippen molar-refractivity contribution in [1.82, 2.24) is 9.47 Å². The predicted molar refractivity (Wildman–Crippen MR) is 130 cm³/mol. The van der Waals surface area contributed by atoms with Crippen LogP contribution in [0.4, 0.5) is 18.9 Å². The molecule has 6 nitrogen and oxygen atoms in total. The van der Waals surface area contributed by atoms with Gasteiger partial charge in [-0.15, -0.1) is 0 Å². The van der Waals surface area contributed by atoms with Gasteiger partial charge in [-0.2, -0.15) is 13.2 Å². The molecule has 1 aromatic carbocycles. The van der Waals surface area contributed by atoms with Crippen molar-refractivity contribution in [2.45, 2.75) is 57.7 Å². The number of hydrogen-bond donors (Lipinski definition) is 1. The van der Waals surface area contributed by atoms with Crippen LogP contribution < -0.4 is 5.32 Å². The second-order valence-corrected chi connectivity index (χ2v) is 9.19. The van der Waals surface area contributed by atoms with E-state index >= 15 is 0 Å². The van der Waals surface area contributed by atoms with Crippen LogP contribution >= 0.6 is 0 Å². The third-order valence-corrected chi connectivity index (χ3v) is 6.79. The highest BCUT2D eigenvalue weighted by Gasteiger charge is 2.38. The fourth-order valence-corrected chi connectivity index (χ4v) is 4.85. The Balaban J connectivity index is 1.36. The summed E-state index contributed by atoms with van der Waals surface area (Å²) in [6, 6.07) is 10.8. The van der Waals surface area contributed by atoms with Crippen LogP contribution in [0, 0.1) is 6.92 Å². The minimum atomic E-state index is -4.68. The third-order valence-electron chi connectivity index (χ3n) is 6.79. The van der Waals surface area contributed by atoms with Crippen LogP contribution in [0.5, 0.6) is 0 Å². The summed E-state index contributed by atoms with van der Waals surface area (Å²) < 4.78 is 46.4. The number of likely N-dealkylation sites (tertiary alicyclic amines) is 1. The third kappa shape index (κ3) is 5.50. The molecule has 0 spiro atoms. The molecule has 1 saturated heterocycles. The number of rotatable bonds is 7. The molecule has 3 heterocycles. The Hall–Kier alpha value is -3.49. The van der Waals surface area contributed by atoms with E-state index in [1.165, 1.54) is 6.92 Å². The summed E-state index contributed by atoms with van der Waals surface area (Å²) in [6.07, 6.45) is 3.12. The molecule has 36 heavy (non-hydrogen) atoms. The Morgan fingerprint density at radius 1 is 1.11 bits per heavy atom. The number of carbonyl (C=O) groups is 2. The molecule has 2 amide bonds. The van der Waals surface area contributed by atoms with E-state index in [1.54, 1.807) is 12.1 Å². The normalized spacial score (nSPS) is 15.6. The van der Waals surface area contributed by atoms with Crippen molar-refractivity contribution < 1.29 is 27.2 Å². The molecule has 192 valence electrons. The molecule has 1 aliphatic heterocycles. The van der Waals surface area contributed by atoms with E-state index < -0.39 is 23.2 Å². The first-order valence-corrected chi connectivity index (χ1v) is 12.2. The summed E-state index contributed by atoms with van der Waals surface area (Å²) in [5, 5.41) is 2.53. The zero-order chi connectivity index (χ0) is 25.9. The van der Waals surface area contributed by atoms with Gasteiger partial charge < -0.3 is 19.2 Å². The van der Waals surface area contributed by atoms with Gasteiger partial charge in [-0.25, -0.2) is 0 Å². The number of aromatic nitrogens is 1. The van der Waals surface area contributed by atoms with Gasteiger partial charge in [-0.05, 0) is 61.9 Å². The molecule has 1 unspecified atom stereocenters. The summed E-state index contributed by atoms with van der Waals surface area (Å²) in [5.74, 6) is -0.534. The van der Waals surface area contributed by atoms with Crippen molar-refractivity contribution in [3.63, 3.8) is 0 Å². The highest BCUT2D eigenvalue weighted by molar-refractivity contribution is 6.06. The maximum absolute atomic E-state index is 13.2. The largest absolute Gasteiger partial charge is 0.468 e. The number of nitrogens with one attached hydrogen (secondary N) is 1. The van der Waals surface area contributed by atoms with Crippen LogP contribution in [0.2, 0.25) is 0 Å². The predicted octanol–water partition coefficient (Wildman–Crippen LogP) is 6.41. The van der Waals surface area contributed by atoms with Gasteiger partial charge in [0.1, 0.15) is 23.6 Å². The average Bonchev–Trinajstić information content (AvgIpc) is 3.52. The number of piperidine rings is 1. The molecule has 1 atom stereocenters. The highest BCUT2D eigenvalue weighted by Crippen LogP contribution is 2.35. The lowest BCUT2D eigenvalue weighted by molar-refractivity contribution is -0.138. The number of carbonyl (C=O) groups excluding carboxylic acids is 2. The van der Waals surface area contributed by atoms with Crippen molar-refractivity contribution in [1.29, 1.82) is 0 Å². The van der Waals surface area contributed by atoms with Crippen molar-refractivity contribution in [2.24, 2.45) is 0 Å². The van der Waals surface area contributed by atoms with Gasteiger partial charge in [0.2, 0.25) is 5.91 Å². The van der Waals surface area contributed by atoms with Gasteiger partial charge >= 0.3 is 6.18 Å². The SMILES string of the molecule is CCCC(C(=O)N1CCC(c2ccc(NC(=O)c3c(C(F)(F)F)coc3C)cc2)CC1)n1cccc1. The number of amides is 2. The van der Waals surface area contributed by atoms with Crippen LogP contribution in [0.25, 0.3) is 0 Å². The Kier molecular flexibility index (Phi) is 7.56. The summed E-state index contributed by atoms with van der Waals surface area (Å²) in [7, 11) is 0. The molecule has 0 aliphatic carbocycles. The molecule has 3 aromatic rings. The standard InChI is InChI=1S/C27H30F3N3O3/c1-3-6-23(32-13-4-5-14-32)26(35)33-15-11-20(12-16-33)19-7-9-21(10-8-19)31-25(34)24-18(2)36-17-22(24)27(28,29)30/h4-5,7-10,13-14,17,20,23H,3,6,11-12,15-16H2,1-2H3,(H,31,34). The van der Waals surface area contributed by atoms with Crippen LogP contribution in [-0.2, 0) is 11.0 Å². The molecule has 1 N–H and O–H groups in total. The maximum atomic E-state index is 13.2. The van der Waals surface area contributed by atoms with Gasteiger partial charge in [0, 0.05) is 31.2 Å². The zero-order valence-corrected chi connectivity index (χ0v) is 20.3. The summed E-state index contributed by atoms with van der Waals surface area (Å²) in [4.78, 5) is 27.6. The number of anilines is 1. The summed E-state index contributed by atoms with van der Waals surface area (Å²) >= 11 is 0. The van der Waals surface area contributed by atoms with Gasteiger partial charge in [0.05, 0.1) is 5.56 Å². The second kappa shape index (κ2) is 10.6. The molecule has 4 rings (SSSR count). The van der Waals surface area contributed by atoms with Gasteiger partial charge in [-0.3, -0.25) is 9.59 Å². The Labute approximate surface area is 208 Å². The van der Waals surface area contributed by atoms with Crippen LogP contribution in [-0.4, -0.2) is 34.4 Å². The van der Waals surface area contributed by atoms with Gasteiger partial charge in [0.15, 0.2) is 0 Å². The van der Waals surface area contributed by atoms with Crippen molar-refractivity contribution in [3.8, 4) is 0 Å². The number of nitrogens with zero attached hydrogens (tertiary/aromatic N) is 2. The number of furan rings is 1. The smallest absolute Gasteiger partial charge is 0.420 e. The summed E-state index contributed by atoms with van der Waals surface area (Å²) in [5.41, 5.74) is -0.122. The first-order valence-electron chi connectivity index (χ1n) is 12.2. The molecule has 0 radical (unpaired) electrons. The Morgan fingerprint density at radius 2 is 1.75 bits per heavy atom. The summed E-state index contributed by atoms with van der Waals surface area (Å²) in [6.45, 7) is 4.74. The van der Waals surface area contributed by atoms with E-state index in [9.17, 15) is 22.8 Å². The van der Waals surface area contributed by atoms with E-state index in [4.69, 9.17) is 4.42 Å². The number of alkyl halides is 3. The molecule has 0 saturated carbocycles. The quantitative estimate of drug-likeness (QED) is 0.407. The molecule has 0 bridgehead atoms. The Morgan fingerprint density at radius 3 is 2.33 bits per heavy atom. The lowest BCUT2D eigenvalue weighted by Crippen LogP contribution is -2.41. The highest BCUT2D eigenvalue weighted by atomic mass is 19.4. The van der Waals surface area contributed by atoms with E-state index in [0.717, 1.165) is 31.2 Å². The molecule has 9 heteroatoms. The average molecular weight is 502 g/mol. The van der Waals surface area contributed by atoms with Crippen LogP contribution in [0.15, 0.2) is 59.5 Å². The molecule has 2 aromatic heterocycles. The van der Waals surface area contributed by atoms with E-state index in [1.807, 2.05) is 46.1 Å². The number of benzene rings is 1. The topological polar surface area (TPSA) is 67.5 Å². The number of aryl methyl sites for hydroxylation is 1. The zero-order valence-electron chi connectivity index (χ0n) is 20.3. The first kappa shape index (κ1) is 25.6. The van der Waals surface area contributed by atoms with Crippen molar-refractivity contribution in [3.05, 3.63) is 77.5 Å². The van der Waals surface area contributed by atoms with E-state index in [-0.39, 0.29) is 23.6 Å². The molecular weight excluding hydrogens is 471 g/mol.